The first-order valence-corrected chi connectivity index (χ1v) is 6.10. The van der Waals surface area contributed by atoms with Gasteiger partial charge >= 0.3 is 11.9 Å². The fourth-order valence-corrected chi connectivity index (χ4v) is 2.97. The monoisotopic (exact) mass is 274 g/mol. The summed E-state index contributed by atoms with van der Waals surface area (Å²) in [6.07, 6.45) is 0. The third-order valence-corrected chi connectivity index (χ3v) is 3.80. The van der Waals surface area contributed by atoms with Gasteiger partial charge in [0, 0.05) is 13.1 Å². The lowest BCUT2D eigenvalue weighted by Crippen LogP contribution is -2.72. The third kappa shape index (κ3) is 1.11. The number of carbonyl (C=O) groups excluding carboxylic acids is 2. The van der Waals surface area contributed by atoms with Crippen LogP contribution in [-0.2, 0) is 9.68 Å². The molecule has 0 saturated carbocycles. The zero-order chi connectivity index (χ0) is 13.9. The van der Waals surface area contributed by atoms with E-state index < -0.39 is 17.8 Å². The van der Waals surface area contributed by atoms with E-state index in [1.165, 1.54) is 4.90 Å². The summed E-state index contributed by atoms with van der Waals surface area (Å²) in [6, 6.07) is 6.57. The van der Waals surface area contributed by atoms with Gasteiger partial charge in [0.15, 0.2) is 5.71 Å². The molecule has 0 spiro atoms. The molecule has 1 aromatic rings. The minimum atomic E-state index is -1.66. The molecule has 3 aliphatic rings. The van der Waals surface area contributed by atoms with Crippen molar-refractivity contribution in [2.45, 2.75) is 5.85 Å². The Labute approximate surface area is 113 Å². The Hall–Kier alpha value is -2.45. The van der Waals surface area contributed by atoms with E-state index in [2.05, 4.69) is 15.2 Å². The molecular formula is C12H10N4O4. The Balaban J connectivity index is 2.02. The quantitative estimate of drug-likeness (QED) is 0.567. The van der Waals surface area contributed by atoms with E-state index in [0.717, 1.165) is 0 Å². The highest BCUT2D eigenvalue weighted by molar-refractivity contribution is 6.47. The molecule has 0 aromatic heterocycles. The second-order valence-electron chi connectivity index (χ2n) is 4.71. The number of imide groups is 1. The Morgan fingerprint density at radius 1 is 1.25 bits per heavy atom. The van der Waals surface area contributed by atoms with Crippen molar-refractivity contribution in [1.29, 1.82) is 0 Å². The fourth-order valence-electron chi connectivity index (χ4n) is 2.97. The summed E-state index contributed by atoms with van der Waals surface area (Å²) in [5.74, 6) is -2.32. The highest BCUT2D eigenvalue weighted by Gasteiger charge is 2.63. The molecule has 0 radical (unpaired) electrons. The number of urea groups is 1. The number of hydrogen-bond acceptors (Lipinski definition) is 6. The zero-order valence-corrected chi connectivity index (χ0v) is 10.2. The number of nitrogens with zero attached hydrogens (tertiary/aromatic N) is 3. The maximum atomic E-state index is 12.0. The smallest absolute Gasteiger partial charge is 0.315 e. The molecule has 0 aliphatic carbocycles. The van der Waals surface area contributed by atoms with Crippen LogP contribution in [0.5, 0.6) is 0 Å². The maximum Gasteiger partial charge on any atom is 0.328 e. The van der Waals surface area contributed by atoms with E-state index >= 15 is 0 Å². The van der Waals surface area contributed by atoms with E-state index in [-0.39, 0.29) is 5.71 Å². The van der Waals surface area contributed by atoms with Crippen LogP contribution >= 0.6 is 0 Å². The van der Waals surface area contributed by atoms with E-state index in [1.54, 1.807) is 23.1 Å². The highest BCUT2D eigenvalue weighted by Crippen LogP contribution is 2.44. The predicted molar refractivity (Wildman–Crippen MR) is 67.6 cm³/mol. The summed E-state index contributed by atoms with van der Waals surface area (Å²) in [4.78, 5) is 35.7. The maximum absolute atomic E-state index is 12.0. The summed E-state index contributed by atoms with van der Waals surface area (Å²) in [7, 11) is 0. The average Bonchev–Trinajstić information content (AvgIpc) is 2.86. The predicted octanol–water partition coefficient (Wildman–Crippen LogP) is 0.288. The van der Waals surface area contributed by atoms with Crippen LogP contribution in [0.25, 0.3) is 0 Å². The van der Waals surface area contributed by atoms with E-state index in [4.69, 9.17) is 0 Å². The van der Waals surface area contributed by atoms with Gasteiger partial charge in [0.05, 0.1) is 11.4 Å². The van der Waals surface area contributed by atoms with Gasteiger partial charge in [-0.05, 0) is 12.1 Å². The van der Waals surface area contributed by atoms with Crippen molar-refractivity contribution >= 4 is 29.0 Å². The molecule has 1 atom stereocenters. The molecule has 4 rings (SSSR count). The number of carbonyl (C=O) groups is 2. The normalized spacial score (nSPS) is 26.9. The van der Waals surface area contributed by atoms with Gasteiger partial charge in [-0.2, -0.15) is 4.89 Å². The van der Waals surface area contributed by atoms with Crippen LogP contribution in [0.4, 0.5) is 16.2 Å². The van der Waals surface area contributed by atoms with Crippen molar-refractivity contribution in [3.8, 4) is 0 Å². The van der Waals surface area contributed by atoms with Gasteiger partial charge in [-0.3, -0.25) is 15.0 Å². The van der Waals surface area contributed by atoms with Crippen LogP contribution in [-0.4, -0.2) is 46.7 Å². The van der Waals surface area contributed by atoms with Crippen LogP contribution in [0, 0.1) is 0 Å². The lowest BCUT2D eigenvalue weighted by molar-refractivity contribution is -0.323. The molecule has 2 saturated heterocycles. The Kier molecular flexibility index (Phi) is 2.02. The largest absolute Gasteiger partial charge is 0.328 e. The van der Waals surface area contributed by atoms with E-state index in [1.807, 2.05) is 6.07 Å². The van der Waals surface area contributed by atoms with E-state index in [9.17, 15) is 14.8 Å². The lowest BCUT2D eigenvalue weighted by Gasteiger charge is -2.45. The molecule has 8 nitrogen and oxygen atoms in total. The molecule has 0 bridgehead atoms. The van der Waals surface area contributed by atoms with Crippen molar-refractivity contribution in [3.63, 3.8) is 0 Å². The summed E-state index contributed by atoms with van der Waals surface area (Å²) < 4.78 is 0. The van der Waals surface area contributed by atoms with Gasteiger partial charge in [0.25, 0.3) is 5.91 Å². The van der Waals surface area contributed by atoms with Crippen LogP contribution in [0.3, 0.4) is 0 Å². The SMILES string of the molecule is O=C1NC(=O)N2CCN3c4ccccc4N=C1C23OO. The first-order valence-electron chi connectivity index (χ1n) is 6.10. The van der Waals surface area contributed by atoms with Crippen molar-refractivity contribution < 1.29 is 19.7 Å². The Morgan fingerprint density at radius 2 is 2.00 bits per heavy atom. The number of rotatable bonds is 1. The van der Waals surface area contributed by atoms with Gasteiger partial charge in [-0.15, -0.1) is 0 Å². The van der Waals surface area contributed by atoms with Gasteiger partial charge in [-0.25, -0.2) is 15.0 Å². The molecule has 2 fully saturated rings. The first-order chi connectivity index (χ1) is 9.68. The Bertz CT molecular complexity index is 673. The molecule has 3 amide bonds. The molecule has 1 unspecified atom stereocenters. The molecule has 20 heavy (non-hydrogen) atoms. The topological polar surface area (TPSA) is 94.5 Å². The second-order valence-corrected chi connectivity index (χ2v) is 4.71. The summed E-state index contributed by atoms with van der Waals surface area (Å²) in [6.45, 7) is 0.740. The number of anilines is 1. The Morgan fingerprint density at radius 3 is 2.80 bits per heavy atom. The number of benzene rings is 1. The van der Waals surface area contributed by atoms with Gasteiger partial charge in [0.2, 0.25) is 0 Å². The fraction of sp³-hybridized carbons (Fsp3) is 0.250. The van der Waals surface area contributed by atoms with Gasteiger partial charge in [0.1, 0.15) is 0 Å². The van der Waals surface area contributed by atoms with Crippen LogP contribution in [0.15, 0.2) is 29.3 Å². The van der Waals surface area contributed by atoms with Crippen molar-refractivity contribution in [1.82, 2.24) is 10.2 Å². The number of aliphatic imine (C=N–C) groups is 1. The minimum absolute atomic E-state index is 0.0456. The van der Waals surface area contributed by atoms with Crippen molar-refractivity contribution in [2.24, 2.45) is 4.99 Å². The molecule has 3 heterocycles. The zero-order valence-electron chi connectivity index (χ0n) is 10.2. The first kappa shape index (κ1) is 11.4. The molecular weight excluding hydrogens is 264 g/mol. The molecule has 8 heteroatoms. The summed E-state index contributed by atoms with van der Waals surface area (Å²) in [5.41, 5.74) is 1.26. The standard InChI is InChI=1S/C12H10N4O4/c17-10-9-12(20-19)15(5-6-16(12)11(18)14-10)8-4-2-1-3-7(8)13-9/h1-4,19H,5-6H2,(H,14,17,18). The van der Waals surface area contributed by atoms with Crippen molar-refractivity contribution in [2.75, 3.05) is 18.0 Å². The number of fused-ring (bicyclic) bond motifs is 2. The summed E-state index contributed by atoms with van der Waals surface area (Å²) >= 11 is 0. The molecule has 2 N–H and O–H groups in total. The number of hydrogen-bond donors (Lipinski definition) is 2. The van der Waals surface area contributed by atoms with Crippen molar-refractivity contribution in [3.05, 3.63) is 24.3 Å². The second kappa shape index (κ2) is 3.56. The molecule has 1 aromatic carbocycles. The van der Waals surface area contributed by atoms with Crippen LogP contribution < -0.4 is 10.2 Å². The minimum Gasteiger partial charge on any atom is -0.315 e. The molecule has 3 aliphatic heterocycles. The number of amides is 3. The number of nitrogens with one attached hydrogen (secondary N) is 1. The lowest BCUT2D eigenvalue weighted by atomic mass is 10.1. The van der Waals surface area contributed by atoms with Gasteiger partial charge < -0.3 is 4.90 Å². The average molecular weight is 274 g/mol. The summed E-state index contributed by atoms with van der Waals surface area (Å²) in [5, 5.41) is 11.6. The third-order valence-electron chi connectivity index (χ3n) is 3.80. The van der Waals surface area contributed by atoms with Gasteiger partial charge in [-0.1, -0.05) is 12.1 Å². The number of para-hydroxylation sites is 2. The van der Waals surface area contributed by atoms with Crippen LogP contribution in [0.2, 0.25) is 0 Å². The highest BCUT2D eigenvalue weighted by atomic mass is 17.1. The van der Waals surface area contributed by atoms with Crippen LogP contribution in [0.1, 0.15) is 0 Å². The van der Waals surface area contributed by atoms with E-state index in [0.29, 0.717) is 24.5 Å². The molecule has 102 valence electrons.